The van der Waals surface area contributed by atoms with Gasteiger partial charge in [0.05, 0.1) is 11.4 Å². The number of hydrogen-bond acceptors (Lipinski definition) is 4. The number of benzene rings is 1. The normalized spacial score (nSPS) is 16.4. The fourth-order valence-corrected chi connectivity index (χ4v) is 4.06. The molecule has 0 spiro atoms. The lowest BCUT2D eigenvalue weighted by Crippen LogP contribution is -2.39. The number of piperidine rings is 1. The van der Waals surface area contributed by atoms with Gasteiger partial charge in [-0.25, -0.2) is 4.40 Å². The molecular weight excluding hydrogens is 388 g/mol. The lowest BCUT2D eigenvalue weighted by atomic mass is 9.83. The summed E-state index contributed by atoms with van der Waals surface area (Å²) in [7, 11) is 0. The van der Waals surface area contributed by atoms with Gasteiger partial charge in [0.2, 0.25) is 0 Å². The van der Waals surface area contributed by atoms with Crippen LogP contribution < -0.4 is 0 Å². The Labute approximate surface area is 189 Å². The number of aryl methyl sites for hydroxylation is 1. The van der Waals surface area contributed by atoms with E-state index in [1.807, 2.05) is 26.8 Å². The lowest BCUT2D eigenvalue weighted by molar-refractivity contribution is -0.127. The van der Waals surface area contributed by atoms with Crippen molar-refractivity contribution in [3.8, 4) is 0 Å². The number of carbonyl (C=O) groups excluding carboxylic acids is 1. The van der Waals surface area contributed by atoms with Crippen molar-refractivity contribution in [2.45, 2.75) is 53.9 Å². The van der Waals surface area contributed by atoms with Gasteiger partial charge >= 0.3 is 0 Å². The van der Waals surface area contributed by atoms with Gasteiger partial charge in [-0.15, -0.1) is 0 Å². The Morgan fingerprint density at radius 2 is 1.83 bits per heavy atom. The molecule has 164 valence electrons. The first-order chi connectivity index (χ1) is 14.4. The van der Waals surface area contributed by atoms with Gasteiger partial charge in [-0.2, -0.15) is 0 Å². The molecule has 2 rings (SSSR count). The molecule has 1 saturated heterocycles. The highest BCUT2D eigenvalue weighted by Crippen LogP contribution is 2.26. The highest BCUT2D eigenvalue weighted by atomic mass is 32.1. The number of nitrogens with zero attached hydrogens (tertiary/aromatic N) is 2. The zero-order valence-corrected chi connectivity index (χ0v) is 20.2. The second kappa shape index (κ2) is 13.3. The van der Waals surface area contributed by atoms with Crippen molar-refractivity contribution in [1.29, 1.82) is 0 Å². The first-order valence-electron chi connectivity index (χ1n) is 10.9. The highest BCUT2D eigenvalue weighted by molar-refractivity contribution is 7.79. The molecule has 30 heavy (non-hydrogen) atoms. The summed E-state index contributed by atoms with van der Waals surface area (Å²) in [6.45, 7) is 19.5. The number of Topliss-reactive ketones (excluding diaryl/α,β-unsaturated/α-hetero) is 1. The minimum atomic E-state index is 0.0485. The molecule has 0 N–H and O–H groups in total. The molecule has 1 aliphatic rings. The molecule has 1 atom stereocenters. The Hall–Kier alpha value is -2.07. The minimum Gasteiger partial charge on any atom is -0.370 e. The fraction of sp³-hybridized carbons (Fsp3) is 0.462. The number of ketones is 1. The van der Waals surface area contributed by atoms with Crippen molar-refractivity contribution < 1.29 is 4.79 Å². The van der Waals surface area contributed by atoms with Crippen molar-refractivity contribution in [2.75, 3.05) is 13.1 Å². The van der Waals surface area contributed by atoms with Crippen molar-refractivity contribution in [1.82, 2.24) is 4.90 Å². The van der Waals surface area contributed by atoms with E-state index < -0.39 is 0 Å². The highest BCUT2D eigenvalue weighted by Gasteiger charge is 2.29. The summed E-state index contributed by atoms with van der Waals surface area (Å²) in [4.78, 5) is 15.2. The number of thiol groups is 1. The molecule has 1 aromatic carbocycles. The molecule has 0 amide bonds. The summed E-state index contributed by atoms with van der Waals surface area (Å²) >= 11 is 4.11. The third kappa shape index (κ3) is 7.32. The monoisotopic (exact) mass is 426 g/mol. The summed E-state index contributed by atoms with van der Waals surface area (Å²) < 4.78 is 4.10. The van der Waals surface area contributed by atoms with Crippen molar-refractivity contribution >= 4 is 24.3 Å². The molecule has 0 aromatic heterocycles. The largest absolute Gasteiger partial charge is 0.370 e. The third-order valence-corrected chi connectivity index (χ3v) is 5.61. The minimum absolute atomic E-state index is 0.0485. The summed E-state index contributed by atoms with van der Waals surface area (Å²) in [6.07, 6.45) is 6.25. The van der Waals surface area contributed by atoms with Crippen LogP contribution in [0.15, 0.2) is 65.2 Å². The smallest absolute Gasteiger partial charge is 0.139 e. The van der Waals surface area contributed by atoms with E-state index in [1.54, 1.807) is 6.08 Å². The maximum absolute atomic E-state index is 13.0. The molecular formula is C26H38N2OS. The van der Waals surface area contributed by atoms with Gasteiger partial charge in [0.1, 0.15) is 5.78 Å². The van der Waals surface area contributed by atoms with E-state index in [0.29, 0.717) is 5.78 Å². The van der Waals surface area contributed by atoms with Gasteiger partial charge in [-0.3, -0.25) is 4.79 Å². The molecule has 0 aliphatic carbocycles. The van der Waals surface area contributed by atoms with Gasteiger partial charge in [0.25, 0.3) is 0 Å². The van der Waals surface area contributed by atoms with E-state index in [0.717, 1.165) is 49.3 Å². The quantitative estimate of drug-likeness (QED) is 0.296. The van der Waals surface area contributed by atoms with Crippen LogP contribution in [0.5, 0.6) is 0 Å². The predicted octanol–water partition coefficient (Wildman–Crippen LogP) is 6.41. The van der Waals surface area contributed by atoms with Crippen LogP contribution in [-0.4, -0.2) is 29.5 Å². The van der Waals surface area contributed by atoms with Crippen LogP contribution in [0.1, 0.15) is 51.7 Å². The van der Waals surface area contributed by atoms with E-state index >= 15 is 0 Å². The first kappa shape index (κ1) is 26.0. The molecule has 0 saturated carbocycles. The molecule has 1 aromatic rings. The molecule has 1 fully saturated rings. The third-order valence-electron chi connectivity index (χ3n) is 5.41. The number of hydrogen-bond donors (Lipinski definition) is 1. The second-order valence-electron chi connectivity index (χ2n) is 7.77. The fourth-order valence-electron chi connectivity index (χ4n) is 3.79. The SMILES string of the molecule is C=C/C=C(\C(=N\S)C(=C)C)N1CCC(C(=O)C(C)Cc2ccc(C)cc2)CC1.CC. The summed E-state index contributed by atoms with van der Waals surface area (Å²) in [5, 5.41) is 0. The molecule has 4 heteroatoms. The predicted molar refractivity (Wildman–Crippen MR) is 134 cm³/mol. The number of rotatable bonds is 8. The zero-order chi connectivity index (χ0) is 22.7. The summed E-state index contributed by atoms with van der Waals surface area (Å²) in [6, 6.07) is 8.48. The Morgan fingerprint density at radius 3 is 2.30 bits per heavy atom. The second-order valence-corrected chi connectivity index (χ2v) is 7.97. The summed E-state index contributed by atoms with van der Waals surface area (Å²) in [5.74, 6) is 0.563. The van der Waals surface area contributed by atoms with Crippen molar-refractivity contribution in [3.63, 3.8) is 0 Å². The molecule has 0 bridgehead atoms. The van der Waals surface area contributed by atoms with Gasteiger partial charge in [0.15, 0.2) is 0 Å². The Kier molecular flexibility index (Phi) is 11.5. The summed E-state index contributed by atoms with van der Waals surface area (Å²) in [5.41, 5.74) is 5.11. The van der Waals surface area contributed by atoms with Crippen LogP contribution in [0.3, 0.4) is 0 Å². The standard InChI is InChI=1S/C24H32N2OS.C2H6/c1-6-7-22(23(25-28)17(2)3)26-14-12-21(13-15-26)24(27)19(5)16-20-10-8-18(4)9-11-20;1-2/h6-11,19,21,28H,1-2,12-16H2,3-5H3;1-2H3/b22-7+,25-23+;. The Bertz CT molecular complexity index is 769. The van der Waals surface area contributed by atoms with Crippen LogP contribution in [0.2, 0.25) is 0 Å². The average Bonchev–Trinajstić information content (AvgIpc) is 2.76. The number of allylic oxidation sites excluding steroid dienone is 3. The topological polar surface area (TPSA) is 32.7 Å². The zero-order valence-electron chi connectivity index (χ0n) is 19.3. The van der Waals surface area contributed by atoms with E-state index in [4.69, 9.17) is 0 Å². The molecule has 1 heterocycles. The molecule has 0 radical (unpaired) electrons. The number of likely N-dealkylation sites (tertiary alicyclic amines) is 1. The van der Waals surface area contributed by atoms with Crippen LogP contribution in [0.25, 0.3) is 0 Å². The van der Waals surface area contributed by atoms with E-state index in [1.165, 1.54) is 11.1 Å². The van der Waals surface area contributed by atoms with Gasteiger partial charge in [0, 0.05) is 24.9 Å². The Morgan fingerprint density at radius 1 is 1.27 bits per heavy atom. The van der Waals surface area contributed by atoms with Crippen LogP contribution in [-0.2, 0) is 11.2 Å². The van der Waals surface area contributed by atoms with Crippen LogP contribution in [0.4, 0.5) is 0 Å². The van der Waals surface area contributed by atoms with Crippen molar-refractivity contribution in [3.05, 3.63) is 72.0 Å². The lowest BCUT2D eigenvalue weighted by Gasteiger charge is -2.35. The van der Waals surface area contributed by atoms with E-state index in [-0.39, 0.29) is 11.8 Å². The first-order valence-corrected chi connectivity index (χ1v) is 11.3. The van der Waals surface area contributed by atoms with Crippen LogP contribution in [0, 0.1) is 18.8 Å². The molecule has 1 aliphatic heterocycles. The van der Waals surface area contributed by atoms with E-state index in [9.17, 15) is 4.79 Å². The number of carbonyl (C=O) groups is 1. The average molecular weight is 427 g/mol. The molecule has 3 nitrogen and oxygen atoms in total. The Balaban J connectivity index is 0.00000218. The van der Waals surface area contributed by atoms with Crippen LogP contribution >= 0.6 is 12.8 Å². The maximum atomic E-state index is 13.0. The van der Waals surface area contributed by atoms with E-state index in [2.05, 4.69) is 73.4 Å². The molecule has 1 unspecified atom stereocenters. The van der Waals surface area contributed by atoms with Gasteiger partial charge in [-0.1, -0.05) is 69.8 Å². The van der Waals surface area contributed by atoms with Crippen molar-refractivity contribution in [2.24, 2.45) is 16.2 Å². The maximum Gasteiger partial charge on any atom is 0.139 e. The van der Waals surface area contributed by atoms with Gasteiger partial charge < -0.3 is 4.90 Å². The van der Waals surface area contributed by atoms with Gasteiger partial charge in [-0.05, 0) is 63.1 Å².